The van der Waals surface area contributed by atoms with Crippen molar-refractivity contribution in [3.63, 3.8) is 0 Å². The summed E-state index contributed by atoms with van der Waals surface area (Å²) in [5.41, 5.74) is 2.86. The molecule has 5 nitrogen and oxygen atoms in total. The van der Waals surface area contributed by atoms with Crippen molar-refractivity contribution in [2.75, 3.05) is 6.61 Å². The summed E-state index contributed by atoms with van der Waals surface area (Å²) in [6, 6.07) is 17.7. The van der Waals surface area contributed by atoms with Gasteiger partial charge >= 0.3 is 5.97 Å². The number of carboxylic acids is 1. The topological polar surface area (TPSA) is 68.5 Å². The monoisotopic (exact) mass is 467 g/mol. The van der Waals surface area contributed by atoms with Gasteiger partial charge in [0.2, 0.25) is 0 Å². The van der Waals surface area contributed by atoms with Gasteiger partial charge in [0.15, 0.2) is 0 Å². The van der Waals surface area contributed by atoms with E-state index in [2.05, 4.69) is 15.9 Å². The molecule has 0 saturated heterocycles. The summed E-state index contributed by atoms with van der Waals surface area (Å²) in [5.74, 6) is -0.153. The molecule has 0 atom stereocenters. The number of nitrogens with zero attached hydrogens (tertiary/aromatic N) is 1. The normalized spacial score (nSPS) is 11.0. The number of aromatic nitrogens is 1. The summed E-state index contributed by atoms with van der Waals surface area (Å²) >= 11 is 3.54. The molecule has 30 heavy (non-hydrogen) atoms. The van der Waals surface area contributed by atoms with Crippen LogP contribution in [0.5, 0.6) is 5.75 Å². The molecule has 1 aromatic heterocycles. The van der Waals surface area contributed by atoms with Gasteiger partial charge in [0.25, 0.3) is 5.56 Å². The van der Waals surface area contributed by atoms with E-state index in [1.165, 1.54) is 6.07 Å². The van der Waals surface area contributed by atoms with Gasteiger partial charge in [0.05, 0.1) is 17.9 Å². The number of rotatable bonds is 8. The lowest BCUT2D eigenvalue weighted by Gasteiger charge is -2.12. The molecule has 0 saturated carbocycles. The summed E-state index contributed by atoms with van der Waals surface area (Å²) < 4.78 is 8.07. The quantitative estimate of drug-likeness (QED) is 0.498. The summed E-state index contributed by atoms with van der Waals surface area (Å²) in [6.07, 6.45) is 4.46. The number of aryl methyl sites for hydroxylation is 1. The minimum absolute atomic E-state index is 0.0944. The number of carbonyl (C=O) groups is 1. The highest BCUT2D eigenvalue weighted by molar-refractivity contribution is 9.10. The van der Waals surface area contributed by atoms with Crippen LogP contribution >= 0.6 is 15.9 Å². The Morgan fingerprint density at radius 2 is 1.87 bits per heavy atom. The SMILES string of the molecule is CCOc1cccc(C=Cc2c(Br)ccc(=O)n2CCc2ccc(C(=O)O)cc2)c1. The van der Waals surface area contributed by atoms with Gasteiger partial charge in [-0.05, 0) is 76.8 Å². The Kier molecular flexibility index (Phi) is 7.25. The highest BCUT2D eigenvalue weighted by Gasteiger charge is 2.08. The number of ether oxygens (including phenoxy) is 1. The second-order valence-corrected chi connectivity index (χ2v) is 7.50. The first-order chi connectivity index (χ1) is 14.5. The minimum Gasteiger partial charge on any atom is -0.494 e. The molecule has 0 amide bonds. The third-order valence-corrected chi connectivity index (χ3v) is 5.27. The highest BCUT2D eigenvalue weighted by Crippen LogP contribution is 2.20. The molecule has 0 spiro atoms. The van der Waals surface area contributed by atoms with Gasteiger partial charge in [-0.2, -0.15) is 0 Å². The Hall–Kier alpha value is -3.12. The van der Waals surface area contributed by atoms with Crippen LogP contribution in [0.25, 0.3) is 12.2 Å². The van der Waals surface area contributed by atoms with Crippen LogP contribution in [0.2, 0.25) is 0 Å². The maximum Gasteiger partial charge on any atom is 0.335 e. The second-order valence-electron chi connectivity index (χ2n) is 6.65. The van der Waals surface area contributed by atoms with Crippen LogP contribution in [0.3, 0.4) is 0 Å². The largest absolute Gasteiger partial charge is 0.494 e. The molecule has 3 aromatic rings. The fourth-order valence-corrected chi connectivity index (χ4v) is 3.55. The molecular weight excluding hydrogens is 446 g/mol. The average Bonchev–Trinajstić information content (AvgIpc) is 2.74. The Bertz CT molecular complexity index is 1120. The van der Waals surface area contributed by atoms with Gasteiger partial charge in [-0.15, -0.1) is 0 Å². The number of hydrogen-bond donors (Lipinski definition) is 1. The number of pyridine rings is 1. The molecule has 0 aliphatic heterocycles. The first kappa shape index (κ1) is 21.6. The Labute approximate surface area is 183 Å². The van der Waals surface area contributed by atoms with Crippen LogP contribution in [0.15, 0.2) is 69.9 Å². The molecule has 1 heterocycles. The predicted molar refractivity (Wildman–Crippen MR) is 122 cm³/mol. The first-order valence-corrected chi connectivity index (χ1v) is 10.4. The fourth-order valence-electron chi connectivity index (χ4n) is 3.07. The van der Waals surface area contributed by atoms with E-state index in [1.54, 1.807) is 34.9 Å². The van der Waals surface area contributed by atoms with Crippen LogP contribution in [-0.2, 0) is 13.0 Å². The zero-order valence-electron chi connectivity index (χ0n) is 16.5. The van der Waals surface area contributed by atoms with Gasteiger partial charge in [-0.3, -0.25) is 4.79 Å². The number of aromatic carboxylic acids is 1. The molecule has 0 unspecified atom stereocenters. The maximum atomic E-state index is 12.5. The van der Waals surface area contributed by atoms with Crippen molar-refractivity contribution in [2.45, 2.75) is 19.9 Å². The number of hydrogen-bond acceptors (Lipinski definition) is 3. The van der Waals surface area contributed by atoms with Crippen LogP contribution in [0, 0.1) is 0 Å². The van der Waals surface area contributed by atoms with Crippen LogP contribution in [0.4, 0.5) is 0 Å². The zero-order valence-corrected chi connectivity index (χ0v) is 18.1. The lowest BCUT2D eigenvalue weighted by atomic mass is 10.1. The molecule has 154 valence electrons. The van der Waals surface area contributed by atoms with Crippen molar-refractivity contribution >= 4 is 34.1 Å². The molecule has 0 aliphatic rings. The van der Waals surface area contributed by atoms with E-state index >= 15 is 0 Å². The van der Waals surface area contributed by atoms with Crippen LogP contribution < -0.4 is 10.3 Å². The van der Waals surface area contributed by atoms with Crippen molar-refractivity contribution in [1.29, 1.82) is 0 Å². The van der Waals surface area contributed by atoms with Gasteiger partial charge < -0.3 is 14.4 Å². The fraction of sp³-hybridized carbons (Fsp3) is 0.167. The molecule has 0 radical (unpaired) electrons. The van der Waals surface area contributed by atoms with Crippen molar-refractivity contribution in [1.82, 2.24) is 4.57 Å². The minimum atomic E-state index is -0.953. The Morgan fingerprint density at radius 3 is 2.57 bits per heavy atom. The van der Waals surface area contributed by atoms with Crippen LogP contribution in [-0.4, -0.2) is 22.2 Å². The molecule has 0 fully saturated rings. The maximum absolute atomic E-state index is 12.5. The van der Waals surface area contributed by atoms with Gasteiger partial charge in [-0.25, -0.2) is 4.79 Å². The smallest absolute Gasteiger partial charge is 0.335 e. The second kappa shape index (κ2) is 10.1. The molecule has 0 bridgehead atoms. The summed E-state index contributed by atoms with van der Waals surface area (Å²) in [6.45, 7) is 3.02. The van der Waals surface area contributed by atoms with Crippen molar-refractivity contribution < 1.29 is 14.6 Å². The predicted octanol–water partition coefficient (Wildman–Crippen LogP) is 5.12. The number of carboxylic acid groups (broad SMARTS) is 1. The third kappa shape index (κ3) is 5.48. The van der Waals surface area contributed by atoms with E-state index in [1.807, 2.05) is 43.3 Å². The Balaban J connectivity index is 1.83. The zero-order chi connectivity index (χ0) is 21.5. The molecular formula is C24H22BrNO4. The van der Waals surface area contributed by atoms with Gasteiger partial charge in [-0.1, -0.05) is 30.3 Å². The summed E-state index contributed by atoms with van der Waals surface area (Å²) in [4.78, 5) is 23.5. The van der Waals surface area contributed by atoms with E-state index in [-0.39, 0.29) is 11.1 Å². The summed E-state index contributed by atoms with van der Waals surface area (Å²) in [7, 11) is 0. The van der Waals surface area contributed by atoms with E-state index in [0.717, 1.165) is 27.0 Å². The first-order valence-electron chi connectivity index (χ1n) is 9.60. The van der Waals surface area contributed by atoms with Gasteiger partial charge in [0, 0.05) is 17.1 Å². The highest BCUT2D eigenvalue weighted by atomic mass is 79.9. The lowest BCUT2D eigenvalue weighted by Crippen LogP contribution is -2.22. The third-order valence-electron chi connectivity index (χ3n) is 4.60. The molecule has 0 aliphatic carbocycles. The molecule has 3 rings (SSSR count). The van der Waals surface area contributed by atoms with Crippen molar-refractivity contribution in [3.05, 3.63) is 97.9 Å². The summed E-state index contributed by atoms with van der Waals surface area (Å²) in [5, 5.41) is 9.02. The number of halogens is 1. The van der Waals surface area contributed by atoms with E-state index in [9.17, 15) is 9.59 Å². The molecule has 6 heteroatoms. The molecule has 2 aromatic carbocycles. The van der Waals surface area contributed by atoms with E-state index < -0.39 is 5.97 Å². The number of benzene rings is 2. The molecule has 1 N–H and O–H groups in total. The van der Waals surface area contributed by atoms with E-state index in [4.69, 9.17) is 9.84 Å². The average molecular weight is 468 g/mol. The van der Waals surface area contributed by atoms with Gasteiger partial charge in [0.1, 0.15) is 5.75 Å². The standard InChI is InChI=1S/C24H22BrNO4/c1-2-30-20-5-3-4-18(16-20)8-12-22-21(25)11-13-23(27)26(22)15-14-17-6-9-19(10-7-17)24(28)29/h3-13,16H,2,14-15H2,1H3,(H,28,29). The van der Waals surface area contributed by atoms with Crippen molar-refractivity contribution in [3.8, 4) is 5.75 Å². The Morgan fingerprint density at radius 1 is 1.10 bits per heavy atom. The van der Waals surface area contributed by atoms with Crippen LogP contribution in [0.1, 0.15) is 34.1 Å². The van der Waals surface area contributed by atoms with Crippen molar-refractivity contribution in [2.24, 2.45) is 0 Å². The van der Waals surface area contributed by atoms with E-state index in [0.29, 0.717) is 19.6 Å². The lowest BCUT2D eigenvalue weighted by molar-refractivity contribution is 0.0697.